The fraction of sp³-hybridized carbons (Fsp3) is 0.250. The highest BCUT2D eigenvalue weighted by Crippen LogP contribution is 2.20. The summed E-state index contributed by atoms with van der Waals surface area (Å²) in [6, 6.07) is 15.4. The molecular weight excluding hydrogens is 426 g/mol. The molecule has 0 saturated carbocycles. The van der Waals surface area contributed by atoms with Crippen LogP contribution in [0.5, 0.6) is 5.75 Å². The highest BCUT2D eigenvalue weighted by atomic mass is 35.5. The molecule has 2 aromatic carbocycles. The van der Waals surface area contributed by atoms with Crippen LogP contribution < -0.4 is 10.1 Å². The van der Waals surface area contributed by atoms with E-state index < -0.39 is 0 Å². The Labute approximate surface area is 191 Å². The van der Waals surface area contributed by atoms with Gasteiger partial charge in [-0.05, 0) is 43.2 Å². The van der Waals surface area contributed by atoms with E-state index in [1.54, 1.807) is 11.6 Å². The maximum Gasteiger partial charge on any atom is 0.252 e. The number of carbonyl (C=O) groups is 1. The molecule has 0 atom stereocenters. The molecule has 0 bridgehead atoms. The Bertz CT molecular complexity index is 1280. The Hall–Kier alpha value is -3.45. The number of carbonyl (C=O) groups excluding carboxylic acids is 1. The molecule has 0 aliphatic carbocycles. The lowest BCUT2D eigenvalue weighted by molar-refractivity contribution is -0.120. The summed E-state index contributed by atoms with van der Waals surface area (Å²) in [6.07, 6.45) is 0.760. The van der Waals surface area contributed by atoms with Crippen LogP contribution in [0.1, 0.15) is 33.9 Å². The van der Waals surface area contributed by atoms with E-state index in [4.69, 9.17) is 16.3 Å². The first kappa shape index (κ1) is 21.8. The van der Waals surface area contributed by atoms with Gasteiger partial charge in [0.25, 0.3) is 5.78 Å². The number of halogens is 1. The lowest BCUT2D eigenvalue weighted by Gasteiger charge is -2.10. The molecule has 0 unspecified atom stereocenters. The first-order chi connectivity index (χ1) is 15.4. The number of rotatable bonds is 7. The Morgan fingerprint density at radius 2 is 1.94 bits per heavy atom. The first-order valence-electron chi connectivity index (χ1n) is 10.3. The average molecular weight is 450 g/mol. The number of aryl methyl sites for hydroxylation is 2. The van der Waals surface area contributed by atoms with Crippen molar-refractivity contribution in [1.82, 2.24) is 24.9 Å². The number of nitrogens with zero attached hydrogens (tertiary/aromatic N) is 4. The van der Waals surface area contributed by atoms with Crippen LogP contribution in [0.3, 0.4) is 0 Å². The number of nitrogens with one attached hydrogen (secondary N) is 1. The van der Waals surface area contributed by atoms with Crippen LogP contribution in [-0.2, 0) is 24.2 Å². The van der Waals surface area contributed by atoms with Crippen molar-refractivity contribution in [3.8, 4) is 5.75 Å². The molecule has 8 heteroatoms. The molecule has 4 aromatic rings. The standard InChI is InChI=1S/C24H24ClN5O2/c1-15-20(12-17-7-6-9-19(25)11-17)16(2)30-24(27-15)28-22(29-30)13-23(31)26-14-18-8-4-5-10-21(18)32-3/h4-11H,12-14H2,1-3H3,(H,26,31). The van der Waals surface area contributed by atoms with Gasteiger partial charge in [-0.2, -0.15) is 4.98 Å². The molecular formula is C24H24ClN5O2. The van der Waals surface area contributed by atoms with Crippen molar-refractivity contribution < 1.29 is 9.53 Å². The lowest BCUT2D eigenvalue weighted by Crippen LogP contribution is -2.25. The van der Waals surface area contributed by atoms with Crippen LogP contribution in [0.2, 0.25) is 5.02 Å². The van der Waals surface area contributed by atoms with E-state index in [-0.39, 0.29) is 12.3 Å². The van der Waals surface area contributed by atoms with Crippen LogP contribution >= 0.6 is 11.6 Å². The van der Waals surface area contributed by atoms with E-state index in [2.05, 4.69) is 20.4 Å². The summed E-state index contributed by atoms with van der Waals surface area (Å²) < 4.78 is 7.03. The van der Waals surface area contributed by atoms with Gasteiger partial charge >= 0.3 is 0 Å². The zero-order valence-electron chi connectivity index (χ0n) is 18.2. The number of ether oxygens (including phenoxy) is 1. The van der Waals surface area contributed by atoms with Gasteiger partial charge in [-0.1, -0.05) is 41.9 Å². The highest BCUT2D eigenvalue weighted by molar-refractivity contribution is 6.30. The fourth-order valence-corrected chi connectivity index (χ4v) is 3.89. The minimum Gasteiger partial charge on any atom is -0.496 e. The van der Waals surface area contributed by atoms with Gasteiger partial charge in [0.1, 0.15) is 5.75 Å². The topological polar surface area (TPSA) is 81.4 Å². The van der Waals surface area contributed by atoms with Crippen molar-refractivity contribution in [3.05, 3.63) is 87.5 Å². The lowest BCUT2D eigenvalue weighted by atomic mass is 10.0. The van der Waals surface area contributed by atoms with E-state index in [9.17, 15) is 4.79 Å². The summed E-state index contributed by atoms with van der Waals surface area (Å²) in [6.45, 7) is 4.32. The summed E-state index contributed by atoms with van der Waals surface area (Å²) in [5, 5.41) is 8.14. The minimum absolute atomic E-state index is 0.0701. The molecule has 2 aromatic heterocycles. The zero-order chi connectivity index (χ0) is 22.7. The molecule has 0 aliphatic heterocycles. The van der Waals surface area contributed by atoms with Crippen LogP contribution in [0.25, 0.3) is 5.78 Å². The van der Waals surface area contributed by atoms with Crippen molar-refractivity contribution in [1.29, 1.82) is 0 Å². The predicted octanol–water partition coefficient (Wildman–Crippen LogP) is 3.85. The maximum atomic E-state index is 12.5. The molecule has 1 N–H and O–H groups in total. The van der Waals surface area contributed by atoms with Gasteiger partial charge in [0, 0.05) is 34.9 Å². The number of hydrogen-bond acceptors (Lipinski definition) is 5. The SMILES string of the molecule is COc1ccccc1CNC(=O)Cc1nc2nc(C)c(Cc3cccc(Cl)c3)c(C)n2n1. The molecule has 164 valence electrons. The molecule has 0 radical (unpaired) electrons. The molecule has 1 amide bonds. The summed E-state index contributed by atoms with van der Waals surface area (Å²) in [7, 11) is 1.61. The number of aromatic nitrogens is 4. The normalized spacial score (nSPS) is 11.0. The maximum absolute atomic E-state index is 12.5. The molecule has 0 spiro atoms. The Morgan fingerprint density at radius 1 is 1.12 bits per heavy atom. The minimum atomic E-state index is -0.166. The Morgan fingerprint density at radius 3 is 2.72 bits per heavy atom. The number of para-hydroxylation sites is 1. The third-order valence-electron chi connectivity index (χ3n) is 5.35. The van der Waals surface area contributed by atoms with Crippen molar-refractivity contribution in [2.24, 2.45) is 0 Å². The van der Waals surface area contributed by atoms with Crippen molar-refractivity contribution in [2.75, 3.05) is 7.11 Å². The van der Waals surface area contributed by atoms with E-state index >= 15 is 0 Å². The number of methoxy groups -OCH3 is 1. The third-order valence-corrected chi connectivity index (χ3v) is 5.59. The average Bonchev–Trinajstić information content (AvgIpc) is 3.17. The van der Waals surface area contributed by atoms with Crippen LogP contribution in [0, 0.1) is 13.8 Å². The second kappa shape index (κ2) is 9.36. The van der Waals surface area contributed by atoms with Gasteiger partial charge in [-0.3, -0.25) is 4.79 Å². The predicted molar refractivity (Wildman–Crippen MR) is 123 cm³/mol. The van der Waals surface area contributed by atoms with Gasteiger partial charge in [0.05, 0.1) is 13.5 Å². The number of hydrogen-bond donors (Lipinski definition) is 1. The number of amides is 1. The summed E-state index contributed by atoms with van der Waals surface area (Å²) in [4.78, 5) is 21.5. The van der Waals surface area contributed by atoms with Gasteiger partial charge in [0.15, 0.2) is 5.82 Å². The quantitative estimate of drug-likeness (QED) is 0.463. The van der Waals surface area contributed by atoms with Gasteiger partial charge in [0.2, 0.25) is 5.91 Å². The molecule has 0 saturated heterocycles. The van der Waals surface area contributed by atoms with Gasteiger partial charge in [-0.25, -0.2) is 9.50 Å². The number of benzene rings is 2. The van der Waals surface area contributed by atoms with Crippen LogP contribution in [0.4, 0.5) is 0 Å². The van der Waals surface area contributed by atoms with Crippen LogP contribution in [0.15, 0.2) is 48.5 Å². The summed E-state index contributed by atoms with van der Waals surface area (Å²) in [5.74, 6) is 1.49. The monoisotopic (exact) mass is 449 g/mol. The molecule has 4 rings (SSSR count). The molecule has 0 aliphatic rings. The molecule has 32 heavy (non-hydrogen) atoms. The Balaban J connectivity index is 1.50. The summed E-state index contributed by atoms with van der Waals surface area (Å²) >= 11 is 6.13. The van der Waals surface area contributed by atoms with E-state index in [1.165, 1.54) is 0 Å². The van der Waals surface area contributed by atoms with Crippen molar-refractivity contribution in [3.63, 3.8) is 0 Å². The van der Waals surface area contributed by atoms with Gasteiger partial charge < -0.3 is 10.1 Å². The molecule has 7 nitrogen and oxygen atoms in total. The highest BCUT2D eigenvalue weighted by Gasteiger charge is 2.16. The van der Waals surface area contributed by atoms with Gasteiger partial charge in [-0.15, -0.1) is 5.10 Å². The smallest absolute Gasteiger partial charge is 0.252 e. The van der Waals surface area contributed by atoms with E-state index in [0.717, 1.165) is 33.8 Å². The largest absolute Gasteiger partial charge is 0.496 e. The van der Waals surface area contributed by atoms with E-state index in [0.29, 0.717) is 29.6 Å². The fourth-order valence-electron chi connectivity index (χ4n) is 3.68. The number of fused-ring (bicyclic) bond motifs is 1. The molecule has 2 heterocycles. The van der Waals surface area contributed by atoms with Crippen LogP contribution in [-0.4, -0.2) is 32.6 Å². The Kier molecular flexibility index (Phi) is 6.37. The molecule has 0 fully saturated rings. The second-order valence-electron chi connectivity index (χ2n) is 7.57. The first-order valence-corrected chi connectivity index (χ1v) is 10.7. The van der Waals surface area contributed by atoms with E-state index in [1.807, 2.05) is 62.4 Å². The van der Waals surface area contributed by atoms with Crippen molar-refractivity contribution >= 4 is 23.3 Å². The third kappa shape index (κ3) is 4.73. The zero-order valence-corrected chi connectivity index (χ0v) is 19.0. The summed E-state index contributed by atoms with van der Waals surface area (Å²) in [5.41, 5.74) is 4.90. The second-order valence-corrected chi connectivity index (χ2v) is 8.01. The van der Waals surface area contributed by atoms with Crippen molar-refractivity contribution in [2.45, 2.75) is 33.2 Å².